The largest absolute Gasteiger partial charge is 0.416 e. The molecule has 96 valence electrons. The normalized spacial score (nSPS) is 30.1. The molecule has 0 aliphatic heterocycles. The molecule has 2 fully saturated rings. The van der Waals surface area contributed by atoms with Crippen LogP contribution < -0.4 is 0 Å². The molecule has 0 radical (unpaired) electrons. The minimum Gasteiger partial charge on any atom is -0.294 e. The number of hydrogen-bond donors (Lipinski definition) is 0. The van der Waals surface area contributed by atoms with E-state index in [9.17, 15) is 18.0 Å². The average molecular weight is 254 g/mol. The number of hydrogen-bond acceptors (Lipinski definition) is 1. The summed E-state index contributed by atoms with van der Waals surface area (Å²) in [6.45, 7) is 0. The predicted octanol–water partition coefficient (Wildman–Crippen LogP) is 3.93. The van der Waals surface area contributed by atoms with Gasteiger partial charge in [-0.1, -0.05) is 18.6 Å². The molecule has 0 N–H and O–H groups in total. The lowest BCUT2D eigenvalue weighted by atomic mass is 9.99. The van der Waals surface area contributed by atoms with Gasteiger partial charge in [0, 0.05) is 11.5 Å². The number of benzene rings is 1. The first kappa shape index (κ1) is 11.8. The Labute approximate surface area is 103 Å². The Kier molecular flexibility index (Phi) is 2.50. The third-order valence-corrected chi connectivity index (χ3v) is 4.18. The summed E-state index contributed by atoms with van der Waals surface area (Å²) >= 11 is 0. The van der Waals surface area contributed by atoms with Crippen LogP contribution in [0.25, 0.3) is 0 Å². The molecule has 4 heteroatoms. The summed E-state index contributed by atoms with van der Waals surface area (Å²) in [4.78, 5) is 12.1. The molecule has 0 bridgehead atoms. The van der Waals surface area contributed by atoms with Gasteiger partial charge in [0.15, 0.2) is 5.78 Å². The zero-order chi connectivity index (χ0) is 12.9. The van der Waals surface area contributed by atoms with Crippen LogP contribution in [0, 0.1) is 17.8 Å². The summed E-state index contributed by atoms with van der Waals surface area (Å²) < 4.78 is 37.7. The van der Waals surface area contributed by atoms with Gasteiger partial charge in [0.25, 0.3) is 0 Å². The van der Waals surface area contributed by atoms with Gasteiger partial charge in [0.2, 0.25) is 0 Å². The van der Waals surface area contributed by atoms with Gasteiger partial charge in [-0.25, -0.2) is 0 Å². The molecule has 0 spiro atoms. The van der Waals surface area contributed by atoms with Crippen LogP contribution in [0.1, 0.15) is 35.2 Å². The first-order valence-corrected chi connectivity index (χ1v) is 6.20. The summed E-state index contributed by atoms with van der Waals surface area (Å²) in [5, 5.41) is 0. The molecule has 2 saturated carbocycles. The topological polar surface area (TPSA) is 17.1 Å². The third kappa shape index (κ3) is 1.84. The van der Waals surface area contributed by atoms with Crippen molar-refractivity contribution in [3.63, 3.8) is 0 Å². The maximum atomic E-state index is 12.6. The molecule has 1 nitrogen and oxygen atoms in total. The first-order chi connectivity index (χ1) is 8.48. The fourth-order valence-electron chi connectivity index (χ4n) is 3.25. The molecule has 2 atom stereocenters. The predicted molar refractivity (Wildman–Crippen MR) is 60.1 cm³/mol. The summed E-state index contributed by atoms with van der Waals surface area (Å²) in [5.41, 5.74) is -0.525. The molecule has 2 aliphatic carbocycles. The van der Waals surface area contributed by atoms with E-state index in [0.717, 1.165) is 31.4 Å². The van der Waals surface area contributed by atoms with Crippen molar-refractivity contribution in [1.29, 1.82) is 0 Å². The molecule has 2 aliphatic rings. The smallest absolute Gasteiger partial charge is 0.294 e. The number of carbonyl (C=O) groups excluding carboxylic acids is 1. The van der Waals surface area contributed by atoms with Crippen molar-refractivity contribution in [2.75, 3.05) is 0 Å². The highest BCUT2D eigenvalue weighted by atomic mass is 19.4. The molecular weight excluding hydrogens is 241 g/mol. The number of fused-ring (bicyclic) bond motifs is 1. The lowest BCUT2D eigenvalue weighted by Gasteiger charge is -2.08. The van der Waals surface area contributed by atoms with Crippen LogP contribution in [0.3, 0.4) is 0 Å². The van der Waals surface area contributed by atoms with Crippen LogP contribution in [0.5, 0.6) is 0 Å². The number of ketones is 1. The van der Waals surface area contributed by atoms with Crippen LogP contribution >= 0.6 is 0 Å². The SMILES string of the molecule is O=C(c1cccc(C(F)(F)F)c1)C1C2CCCC21. The van der Waals surface area contributed by atoms with Gasteiger partial charge in [-0.3, -0.25) is 4.79 Å². The van der Waals surface area contributed by atoms with Gasteiger partial charge < -0.3 is 0 Å². The van der Waals surface area contributed by atoms with E-state index in [1.54, 1.807) is 0 Å². The zero-order valence-electron chi connectivity index (χ0n) is 9.70. The van der Waals surface area contributed by atoms with E-state index in [4.69, 9.17) is 0 Å². The van der Waals surface area contributed by atoms with Crippen molar-refractivity contribution >= 4 is 5.78 Å². The van der Waals surface area contributed by atoms with Crippen molar-refractivity contribution in [2.24, 2.45) is 17.8 Å². The van der Waals surface area contributed by atoms with Crippen LogP contribution in [0.15, 0.2) is 24.3 Å². The second-order valence-electron chi connectivity index (χ2n) is 5.23. The highest BCUT2D eigenvalue weighted by Crippen LogP contribution is 2.58. The van der Waals surface area contributed by atoms with Gasteiger partial charge in [0.05, 0.1) is 5.56 Å². The van der Waals surface area contributed by atoms with Crippen LogP contribution in [-0.4, -0.2) is 5.78 Å². The number of Topliss-reactive ketones (excluding diaryl/α,β-unsaturated/α-hetero) is 1. The minimum atomic E-state index is -4.38. The first-order valence-electron chi connectivity index (χ1n) is 6.20. The maximum Gasteiger partial charge on any atom is 0.416 e. The molecule has 0 heterocycles. The quantitative estimate of drug-likeness (QED) is 0.731. The van der Waals surface area contributed by atoms with Gasteiger partial charge in [0.1, 0.15) is 0 Å². The molecule has 0 saturated heterocycles. The van der Waals surface area contributed by atoms with Crippen molar-refractivity contribution in [3.8, 4) is 0 Å². The van der Waals surface area contributed by atoms with E-state index in [-0.39, 0.29) is 17.3 Å². The van der Waals surface area contributed by atoms with E-state index < -0.39 is 11.7 Å². The highest BCUT2D eigenvalue weighted by Gasteiger charge is 2.56. The Balaban J connectivity index is 1.82. The van der Waals surface area contributed by atoms with Crippen molar-refractivity contribution in [3.05, 3.63) is 35.4 Å². The number of carbonyl (C=O) groups is 1. The van der Waals surface area contributed by atoms with Crippen LogP contribution in [0.2, 0.25) is 0 Å². The Morgan fingerprint density at radius 1 is 1.17 bits per heavy atom. The highest BCUT2D eigenvalue weighted by molar-refractivity contribution is 6.00. The number of halogens is 3. The molecule has 0 aromatic heterocycles. The van der Waals surface area contributed by atoms with E-state index in [2.05, 4.69) is 0 Å². The van der Waals surface area contributed by atoms with Gasteiger partial charge in [-0.2, -0.15) is 13.2 Å². The molecule has 0 amide bonds. The summed E-state index contributed by atoms with van der Waals surface area (Å²) in [7, 11) is 0. The molecule has 18 heavy (non-hydrogen) atoms. The second-order valence-corrected chi connectivity index (χ2v) is 5.23. The van der Waals surface area contributed by atoms with Gasteiger partial charge in [-0.15, -0.1) is 0 Å². The Bertz CT molecular complexity index is 482. The standard InChI is InChI=1S/C14H13F3O/c15-14(16,17)9-4-1-3-8(7-9)13(18)12-10-5-2-6-11(10)12/h1,3-4,7,10-12H,2,5-6H2. The van der Waals surface area contributed by atoms with Crippen molar-refractivity contribution in [1.82, 2.24) is 0 Å². The van der Waals surface area contributed by atoms with Gasteiger partial charge in [-0.05, 0) is 36.8 Å². The molecular formula is C14H13F3O. The summed E-state index contributed by atoms with van der Waals surface area (Å²) in [6, 6.07) is 4.79. The van der Waals surface area contributed by atoms with Crippen LogP contribution in [-0.2, 0) is 6.18 Å². The Morgan fingerprint density at radius 3 is 2.44 bits per heavy atom. The van der Waals surface area contributed by atoms with Crippen molar-refractivity contribution in [2.45, 2.75) is 25.4 Å². The minimum absolute atomic E-state index is 0.0118. The number of alkyl halides is 3. The lowest BCUT2D eigenvalue weighted by Crippen LogP contribution is -2.10. The summed E-state index contributed by atoms with van der Waals surface area (Å²) in [5.74, 6) is 0.761. The summed E-state index contributed by atoms with van der Waals surface area (Å²) in [6.07, 6.45) is -1.11. The molecule has 3 rings (SSSR count). The fraction of sp³-hybridized carbons (Fsp3) is 0.500. The number of rotatable bonds is 2. The molecule has 2 unspecified atom stereocenters. The zero-order valence-corrected chi connectivity index (χ0v) is 9.70. The monoisotopic (exact) mass is 254 g/mol. The van der Waals surface area contributed by atoms with Gasteiger partial charge >= 0.3 is 6.18 Å². The third-order valence-electron chi connectivity index (χ3n) is 4.18. The molecule has 1 aromatic carbocycles. The fourth-order valence-corrected chi connectivity index (χ4v) is 3.25. The van der Waals surface area contributed by atoms with E-state index in [1.165, 1.54) is 12.1 Å². The average Bonchev–Trinajstić information content (AvgIpc) is 2.80. The van der Waals surface area contributed by atoms with Crippen molar-refractivity contribution < 1.29 is 18.0 Å². The molecule has 1 aromatic rings. The Hall–Kier alpha value is -1.32. The second kappa shape index (κ2) is 3.84. The van der Waals surface area contributed by atoms with E-state index in [0.29, 0.717) is 11.8 Å². The van der Waals surface area contributed by atoms with E-state index in [1.807, 2.05) is 0 Å². The maximum absolute atomic E-state index is 12.6. The Morgan fingerprint density at radius 2 is 1.83 bits per heavy atom. The van der Waals surface area contributed by atoms with Crippen LogP contribution in [0.4, 0.5) is 13.2 Å². The lowest BCUT2D eigenvalue weighted by molar-refractivity contribution is -0.137. The van der Waals surface area contributed by atoms with E-state index >= 15 is 0 Å².